The van der Waals surface area contributed by atoms with Gasteiger partial charge in [0.05, 0.1) is 32.4 Å². The fourth-order valence-electron chi connectivity index (χ4n) is 3.15. The van der Waals surface area contributed by atoms with Crippen molar-refractivity contribution in [3.63, 3.8) is 0 Å². The van der Waals surface area contributed by atoms with E-state index in [1.807, 2.05) is 0 Å². The van der Waals surface area contributed by atoms with Crippen molar-refractivity contribution in [2.75, 3.05) is 0 Å². The number of rotatable bonds is 7. The van der Waals surface area contributed by atoms with Gasteiger partial charge < -0.3 is 10.5 Å². The van der Waals surface area contributed by atoms with Gasteiger partial charge in [-0.15, -0.1) is 0 Å². The average Bonchev–Trinajstić information content (AvgIpc) is 2.78. The summed E-state index contributed by atoms with van der Waals surface area (Å²) in [5.41, 5.74) is 7.56. The van der Waals surface area contributed by atoms with E-state index in [9.17, 15) is 34.8 Å². The van der Waals surface area contributed by atoms with Crippen LogP contribution in [0.2, 0.25) is 0 Å². The second kappa shape index (κ2) is 9.97. The molecule has 0 amide bonds. The van der Waals surface area contributed by atoms with Gasteiger partial charge in [-0.05, 0) is 54.1 Å². The number of hydrogen-bond donors (Lipinski definition) is 2. The van der Waals surface area contributed by atoms with Crippen LogP contribution in [0.3, 0.4) is 0 Å². The van der Waals surface area contributed by atoms with Crippen LogP contribution in [0.25, 0.3) is 0 Å². The third-order valence-electron chi connectivity index (χ3n) is 4.71. The molecular formula is C22H17F6N4O3S+. The van der Waals surface area contributed by atoms with Crippen molar-refractivity contribution in [1.29, 1.82) is 0 Å². The molecule has 3 aromatic carbocycles. The van der Waals surface area contributed by atoms with Gasteiger partial charge in [0, 0.05) is 0 Å². The molecule has 0 saturated heterocycles. The number of alkyl halides is 6. The van der Waals surface area contributed by atoms with Gasteiger partial charge in [0.2, 0.25) is 15.7 Å². The fourth-order valence-corrected chi connectivity index (χ4v) is 4.46. The molecule has 3 rings (SSSR count). The third kappa shape index (κ3) is 6.19. The molecule has 4 N–H and O–H groups in total. The van der Waals surface area contributed by atoms with Gasteiger partial charge >= 0.3 is 12.4 Å². The van der Waals surface area contributed by atoms with Crippen molar-refractivity contribution < 1.29 is 45.0 Å². The molecule has 0 unspecified atom stereocenters. The van der Waals surface area contributed by atoms with Gasteiger partial charge in [0.1, 0.15) is 16.7 Å². The zero-order valence-corrected chi connectivity index (χ0v) is 18.8. The van der Waals surface area contributed by atoms with E-state index in [0.29, 0.717) is 18.2 Å². The Morgan fingerprint density at radius 3 is 2.14 bits per heavy atom. The van der Waals surface area contributed by atoms with Gasteiger partial charge in [-0.25, -0.2) is 8.42 Å². The molecular weight excluding hydrogens is 514 g/mol. The maximum absolute atomic E-state index is 13.8. The Balaban J connectivity index is 2.09. The van der Waals surface area contributed by atoms with Crippen molar-refractivity contribution in [2.45, 2.75) is 28.6 Å². The molecule has 3 aromatic rings. The van der Waals surface area contributed by atoms with Crippen LogP contribution >= 0.6 is 0 Å². The Morgan fingerprint density at radius 1 is 0.889 bits per heavy atom. The standard InChI is InChI=1S/C22H16F6N4O3S/c23-21(24,25)14-8-13(10-20(29)31-32-30)9-15(11-14)35-19-7-6-17(12-18(19)22(26,27)28)36(33,34)16-4-2-1-3-5-16/h1-9,11-12H,10H2,(H3,29,30,31)/p+1. The zero-order valence-electron chi connectivity index (χ0n) is 18.0. The number of ether oxygens (including phenoxy) is 1. The number of halogens is 6. The number of nitrogens with zero attached hydrogens (tertiary/aromatic N) is 2. The zero-order chi connectivity index (χ0) is 26.7. The highest BCUT2D eigenvalue weighted by Gasteiger charge is 2.37. The van der Waals surface area contributed by atoms with Crippen LogP contribution in [0.4, 0.5) is 26.3 Å². The molecule has 0 radical (unpaired) electrons. The molecule has 190 valence electrons. The van der Waals surface area contributed by atoms with Gasteiger partial charge in [-0.2, -0.15) is 31.9 Å². The lowest BCUT2D eigenvalue weighted by molar-refractivity contribution is -0.221. The monoisotopic (exact) mass is 531 g/mol. The van der Waals surface area contributed by atoms with Crippen LogP contribution in [-0.4, -0.2) is 14.3 Å². The molecule has 0 atom stereocenters. The van der Waals surface area contributed by atoms with E-state index >= 15 is 0 Å². The van der Waals surface area contributed by atoms with Crippen LogP contribution in [0.5, 0.6) is 11.5 Å². The summed E-state index contributed by atoms with van der Waals surface area (Å²) in [5, 5.41) is 6.22. The van der Waals surface area contributed by atoms with Gasteiger partial charge in [0.25, 0.3) is 0 Å². The van der Waals surface area contributed by atoms with Crippen molar-refractivity contribution in [1.82, 2.24) is 0 Å². The minimum atomic E-state index is -5.10. The highest BCUT2D eigenvalue weighted by atomic mass is 32.2. The molecule has 0 aliphatic heterocycles. The molecule has 0 fully saturated rings. The van der Waals surface area contributed by atoms with Crippen LogP contribution < -0.4 is 16.0 Å². The van der Waals surface area contributed by atoms with E-state index in [1.165, 1.54) is 30.3 Å². The average molecular weight is 531 g/mol. The van der Waals surface area contributed by atoms with E-state index in [-0.39, 0.29) is 22.7 Å². The van der Waals surface area contributed by atoms with Gasteiger partial charge in [-0.3, -0.25) is 0 Å². The molecule has 0 heterocycles. The summed E-state index contributed by atoms with van der Waals surface area (Å²) in [6.45, 7) is 0. The SMILES string of the molecule is NC(Cc1cc(Oc2ccc(S(=O)(=O)c3ccccc3)cc2C(F)(F)F)cc(C(F)(F)F)c1)=NN=[NH2+]. The summed E-state index contributed by atoms with van der Waals surface area (Å²) in [6, 6.07) is 11.0. The van der Waals surface area contributed by atoms with E-state index in [1.54, 1.807) is 0 Å². The summed E-state index contributed by atoms with van der Waals surface area (Å²) >= 11 is 0. The van der Waals surface area contributed by atoms with E-state index in [0.717, 1.165) is 18.2 Å². The highest BCUT2D eigenvalue weighted by molar-refractivity contribution is 7.91. The van der Waals surface area contributed by atoms with E-state index in [2.05, 4.69) is 10.3 Å². The second-order valence-corrected chi connectivity index (χ2v) is 9.27. The lowest BCUT2D eigenvalue weighted by Crippen LogP contribution is -2.24. The van der Waals surface area contributed by atoms with Crippen molar-refractivity contribution in [2.24, 2.45) is 16.1 Å². The largest absolute Gasteiger partial charge is 0.457 e. The quantitative estimate of drug-likeness (QED) is 0.155. The summed E-state index contributed by atoms with van der Waals surface area (Å²) in [4.78, 5) is -0.912. The minimum absolute atomic E-state index is 0.0958. The Labute approximate surface area is 200 Å². The first-order valence-corrected chi connectivity index (χ1v) is 11.3. The minimum Gasteiger partial charge on any atom is -0.457 e. The van der Waals surface area contributed by atoms with Gasteiger partial charge in [-0.1, -0.05) is 18.2 Å². The Bertz CT molecular complexity index is 1410. The smallest absolute Gasteiger partial charge is 0.420 e. The molecule has 0 aliphatic carbocycles. The Morgan fingerprint density at radius 2 is 1.56 bits per heavy atom. The second-order valence-electron chi connectivity index (χ2n) is 7.32. The number of amidine groups is 1. The number of benzene rings is 3. The van der Waals surface area contributed by atoms with Crippen molar-refractivity contribution in [3.8, 4) is 11.5 Å². The molecule has 7 nitrogen and oxygen atoms in total. The maximum atomic E-state index is 13.8. The first kappa shape index (κ1) is 26.7. The predicted octanol–water partition coefficient (Wildman–Crippen LogP) is 4.38. The fraction of sp³-hybridized carbons (Fsp3) is 0.136. The van der Waals surface area contributed by atoms with Crippen LogP contribution in [0.15, 0.2) is 86.8 Å². The molecule has 0 aliphatic rings. The van der Waals surface area contributed by atoms with Crippen molar-refractivity contribution in [3.05, 3.63) is 83.4 Å². The topological polar surface area (TPSA) is 120 Å². The summed E-state index contributed by atoms with van der Waals surface area (Å²) in [6.07, 6.45) is -10.3. The summed E-state index contributed by atoms with van der Waals surface area (Å²) < 4.78 is 112. The number of hydrogen-bond acceptors (Lipinski definition) is 4. The number of sulfone groups is 1. The Kier molecular flexibility index (Phi) is 7.38. The maximum Gasteiger partial charge on any atom is 0.420 e. The molecule has 0 spiro atoms. The molecule has 0 saturated carbocycles. The lowest BCUT2D eigenvalue weighted by Gasteiger charge is -2.17. The predicted molar refractivity (Wildman–Crippen MR) is 115 cm³/mol. The lowest BCUT2D eigenvalue weighted by atomic mass is 10.1. The highest BCUT2D eigenvalue weighted by Crippen LogP contribution is 2.41. The molecule has 36 heavy (non-hydrogen) atoms. The first-order chi connectivity index (χ1) is 16.7. The van der Waals surface area contributed by atoms with Crippen LogP contribution in [0.1, 0.15) is 16.7 Å². The van der Waals surface area contributed by atoms with E-state index < -0.39 is 49.7 Å². The summed E-state index contributed by atoms with van der Waals surface area (Å²) in [5.74, 6) is -1.76. The number of nitrogens with two attached hydrogens (primary N) is 2. The van der Waals surface area contributed by atoms with Crippen molar-refractivity contribution >= 4 is 15.7 Å². The Hall–Kier alpha value is -3.94. The van der Waals surface area contributed by atoms with Crippen LogP contribution in [0, 0.1) is 0 Å². The summed E-state index contributed by atoms with van der Waals surface area (Å²) in [7, 11) is -4.31. The van der Waals surface area contributed by atoms with Crippen LogP contribution in [-0.2, 0) is 28.6 Å². The first-order valence-electron chi connectivity index (χ1n) is 9.84. The van der Waals surface area contributed by atoms with E-state index in [4.69, 9.17) is 16.0 Å². The molecule has 0 bridgehead atoms. The molecule has 14 heteroatoms. The molecule has 0 aromatic heterocycles. The third-order valence-corrected chi connectivity index (χ3v) is 6.48. The van der Waals surface area contributed by atoms with Gasteiger partial charge in [0.15, 0.2) is 0 Å². The normalized spacial score (nSPS) is 12.9.